The summed E-state index contributed by atoms with van der Waals surface area (Å²) in [5.74, 6) is 0. The van der Waals surface area contributed by atoms with Gasteiger partial charge >= 0.3 is 0 Å². The van der Waals surface area contributed by atoms with Gasteiger partial charge < -0.3 is 28.5 Å². The van der Waals surface area contributed by atoms with Crippen LogP contribution in [-0.2, 0) is 13.0 Å². The Morgan fingerprint density at radius 1 is 0.913 bits per heavy atom. The SMILES string of the molecule is C[N@+]1(C[Si](C)(C)C)Cc2ccccc2C[C@@H]1c1ccccc1.[I-]. The highest BCUT2D eigenvalue weighted by molar-refractivity contribution is 6.76. The summed E-state index contributed by atoms with van der Waals surface area (Å²) in [6, 6.07) is 20.8. The molecule has 1 aliphatic heterocycles. The lowest BCUT2D eigenvalue weighted by atomic mass is 9.88. The molecular formula is C20H28INSi. The van der Waals surface area contributed by atoms with E-state index < -0.39 is 8.07 Å². The molecule has 1 nitrogen and oxygen atoms in total. The van der Waals surface area contributed by atoms with Crippen LogP contribution in [0.4, 0.5) is 0 Å². The van der Waals surface area contributed by atoms with Crippen LogP contribution in [0.5, 0.6) is 0 Å². The van der Waals surface area contributed by atoms with Crippen LogP contribution in [0.25, 0.3) is 0 Å². The minimum atomic E-state index is -1.14. The number of halogens is 1. The fraction of sp³-hybridized carbons (Fsp3) is 0.400. The highest BCUT2D eigenvalue weighted by Crippen LogP contribution is 2.39. The van der Waals surface area contributed by atoms with Gasteiger partial charge in [-0.05, 0) is 5.56 Å². The topological polar surface area (TPSA) is 0 Å². The van der Waals surface area contributed by atoms with Gasteiger partial charge in [-0.1, -0.05) is 74.2 Å². The zero-order valence-electron chi connectivity index (χ0n) is 14.7. The molecule has 0 amide bonds. The van der Waals surface area contributed by atoms with Crippen LogP contribution in [0.1, 0.15) is 22.7 Å². The van der Waals surface area contributed by atoms with E-state index in [1.807, 2.05) is 0 Å². The van der Waals surface area contributed by atoms with Crippen molar-refractivity contribution < 1.29 is 28.5 Å². The Balaban J connectivity index is 0.00000192. The molecule has 2 atom stereocenters. The zero-order valence-corrected chi connectivity index (χ0v) is 17.9. The zero-order chi connectivity index (χ0) is 15.8. The molecular weight excluding hydrogens is 409 g/mol. The second-order valence-corrected chi connectivity index (χ2v) is 13.7. The number of quaternary nitrogens is 1. The predicted molar refractivity (Wildman–Crippen MR) is 97.4 cm³/mol. The molecule has 2 aromatic carbocycles. The van der Waals surface area contributed by atoms with E-state index in [4.69, 9.17) is 0 Å². The maximum Gasteiger partial charge on any atom is 0.119 e. The van der Waals surface area contributed by atoms with E-state index in [1.165, 1.54) is 24.7 Å². The van der Waals surface area contributed by atoms with Crippen molar-refractivity contribution in [3.05, 3.63) is 71.3 Å². The van der Waals surface area contributed by atoms with E-state index in [-0.39, 0.29) is 24.0 Å². The Bertz CT molecular complexity index is 650. The molecule has 3 heteroatoms. The number of fused-ring (bicyclic) bond motifs is 1. The Morgan fingerprint density at radius 3 is 2.09 bits per heavy atom. The maximum atomic E-state index is 2.50. The van der Waals surface area contributed by atoms with Gasteiger partial charge in [0.25, 0.3) is 0 Å². The molecule has 124 valence electrons. The first-order chi connectivity index (χ1) is 10.4. The molecule has 0 spiro atoms. The molecule has 2 aromatic rings. The van der Waals surface area contributed by atoms with E-state index in [0.29, 0.717) is 6.04 Å². The lowest BCUT2D eigenvalue weighted by molar-refractivity contribution is -0.945. The largest absolute Gasteiger partial charge is 1.00 e. The molecule has 0 saturated heterocycles. The van der Waals surface area contributed by atoms with Gasteiger partial charge in [0, 0.05) is 17.5 Å². The number of rotatable bonds is 3. The molecule has 1 heterocycles. The van der Waals surface area contributed by atoms with Crippen molar-refractivity contribution in [2.24, 2.45) is 0 Å². The fourth-order valence-electron chi connectivity index (χ4n) is 4.24. The van der Waals surface area contributed by atoms with Gasteiger partial charge in [-0.2, -0.15) is 0 Å². The standard InChI is InChI=1S/C20H28NSi.HI/c1-21(16-22(2,3)4)15-19-13-9-8-12-18(19)14-20(21)17-10-6-5-7-11-17;/h5-13,20H,14-16H2,1-4H3;1H/q+1;/p-1/t20-,21-;/m1./s1. The summed E-state index contributed by atoms with van der Waals surface area (Å²) in [6.07, 6.45) is 2.50. The first kappa shape index (κ1) is 18.7. The molecule has 0 bridgehead atoms. The lowest BCUT2D eigenvalue weighted by Gasteiger charge is -2.48. The van der Waals surface area contributed by atoms with Crippen LogP contribution >= 0.6 is 0 Å². The second kappa shape index (κ2) is 7.07. The summed E-state index contributed by atoms with van der Waals surface area (Å²) in [7, 11) is 1.34. The van der Waals surface area contributed by atoms with Gasteiger partial charge in [0.15, 0.2) is 0 Å². The van der Waals surface area contributed by atoms with Crippen LogP contribution in [0.3, 0.4) is 0 Å². The van der Waals surface area contributed by atoms with Crippen molar-refractivity contribution in [2.75, 3.05) is 13.2 Å². The van der Waals surface area contributed by atoms with Gasteiger partial charge in [-0.15, -0.1) is 0 Å². The number of likely N-dealkylation sites (N-methyl/N-ethyl adjacent to an activating group) is 1. The second-order valence-electron chi connectivity index (χ2n) is 8.26. The van der Waals surface area contributed by atoms with Gasteiger partial charge in [0.1, 0.15) is 20.7 Å². The monoisotopic (exact) mass is 437 g/mol. The van der Waals surface area contributed by atoms with Gasteiger partial charge in [0.2, 0.25) is 0 Å². The highest BCUT2D eigenvalue weighted by atomic mass is 127. The van der Waals surface area contributed by atoms with Crippen molar-refractivity contribution in [1.29, 1.82) is 0 Å². The summed E-state index contributed by atoms with van der Waals surface area (Å²) in [5.41, 5.74) is 4.59. The summed E-state index contributed by atoms with van der Waals surface area (Å²) in [6.45, 7) is 8.66. The van der Waals surface area contributed by atoms with Crippen LogP contribution < -0.4 is 24.0 Å². The molecule has 0 unspecified atom stereocenters. The molecule has 0 fully saturated rings. The van der Waals surface area contributed by atoms with Gasteiger partial charge in [-0.3, -0.25) is 0 Å². The predicted octanol–water partition coefficient (Wildman–Crippen LogP) is 1.81. The molecule has 0 saturated carbocycles. The van der Waals surface area contributed by atoms with Crippen molar-refractivity contribution >= 4 is 8.07 Å². The molecule has 0 N–H and O–H groups in total. The van der Waals surface area contributed by atoms with Crippen molar-refractivity contribution in [1.82, 2.24) is 0 Å². The third-order valence-corrected chi connectivity index (χ3v) is 6.51. The number of hydrogen-bond donors (Lipinski definition) is 0. The summed E-state index contributed by atoms with van der Waals surface area (Å²) in [5, 5.41) is 0. The highest BCUT2D eigenvalue weighted by Gasteiger charge is 2.41. The minimum absolute atomic E-state index is 0. The van der Waals surface area contributed by atoms with E-state index in [2.05, 4.69) is 81.3 Å². The summed E-state index contributed by atoms with van der Waals surface area (Å²) < 4.78 is 1.16. The summed E-state index contributed by atoms with van der Waals surface area (Å²) >= 11 is 0. The van der Waals surface area contributed by atoms with Crippen LogP contribution in [0.2, 0.25) is 19.6 Å². The number of hydrogen-bond acceptors (Lipinski definition) is 0. The van der Waals surface area contributed by atoms with Crippen molar-refractivity contribution in [3.8, 4) is 0 Å². The van der Waals surface area contributed by atoms with Crippen LogP contribution in [0, 0.1) is 0 Å². The Hall–Kier alpha value is -0.653. The minimum Gasteiger partial charge on any atom is -1.00 e. The average molecular weight is 437 g/mol. The Morgan fingerprint density at radius 2 is 1.48 bits per heavy atom. The van der Waals surface area contributed by atoms with E-state index >= 15 is 0 Å². The maximum absolute atomic E-state index is 2.50. The van der Waals surface area contributed by atoms with Crippen LogP contribution in [-0.4, -0.2) is 25.8 Å². The van der Waals surface area contributed by atoms with E-state index in [0.717, 1.165) is 4.48 Å². The number of benzene rings is 2. The van der Waals surface area contributed by atoms with E-state index in [1.54, 1.807) is 11.1 Å². The molecule has 0 aliphatic carbocycles. The Labute approximate surface area is 159 Å². The van der Waals surface area contributed by atoms with Gasteiger partial charge in [0.05, 0.1) is 13.2 Å². The Kier molecular flexibility index (Phi) is 5.75. The van der Waals surface area contributed by atoms with E-state index in [9.17, 15) is 0 Å². The summed E-state index contributed by atoms with van der Waals surface area (Å²) in [4.78, 5) is 0. The third kappa shape index (κ3) is 4.25. The smallest absolute Gasteiger partial charge is 0.119 e. The van der Waals surface area contributed by atoms with Crippen molar-refractivity contribution in [3.63, 3.8) is 0 Å². The average Bonchev–Trinajstić information content (AvgIpc) is 2.45. The normalized spacial score (nSPS) is 23.7. The first-order valence-electron chi connectivity index (χ1n) is 8.33. The molecule has 1 aliphatic rings. The first-order valence-corrected chi connectivity index (χ1v) is 12.0. The molecule has 3 rings (SSSR count). The van der Waals surface area contributed by atoms with Gasteiger partial charge in [-0.25, -0.2) is 0 Å². The molecule has 23 heavy (non-hydrogen) atoms. The molecule has 0 radical (unpaired) electrons. The fourth-order valence-corrected chi connectivity index (χ4v) is 6.74. The van der Waals surface area contributed by atoms with Crippen LogP contribution in [0.15, 0.2) is 54.6 Å². The van der Waals surface area contributed by atoms with Crippen molar-refractivity contribution in [2.45, 2.75) is 38.6 Å². The number of nitrogens with zero attached hydrogens (tertiary/aromatic N) is 1. The molecule has 0 aromatic heterocycles. The third-order valence-electron chi connectivity index (χ3n) is 4.84. The lowest BCUT2D eigenvalue weighted by Crippen LogP contribution is -3.00. The quantitative estimate of drug-likeness (QED) is 0.391.